The summed E-state index contributed by atoms with van der Waals surface area (Å²) in [7, 11) is 1.78. The van der Waals surface area contributed by atoms with E-state index in [1.54, 1.807) is 16.8 Å². The predicted octanol–water partition coefficient (Wildman–Crippen LogP) is 3.76. The van der Waals surface area contributed by atoms with E-state index in [0.717, 1.165) is 17.8 Å². The zero-order valence-corrected chi connectivity index (χ0v) is 12.2. The van der Waals surface area contributed by atoms with E-state index in [-0.39, 0.29) is 11.4 Å². The summed E-state index contributed by atoms with van der Waals surface area (Å²) in [5.41, 5.74) is 3.25. The summed E-state index contributed by atoms with van der Waals surface area (Å²) in [6.07, 6.45) is 0.823. The van der Waals surface area contributed by atoms with Crippen LogP contribution in [0.15, 0.2) is 36.5 Å². The standard InChI is InChI=1S/C16H22N2O/c1-12-10-11-18(15(19)17(12)5)14-8-6-13(7-9-14)16(2,3)4/h6-9H,1,10-11H2,2-5H3. The van der Waals surface area contributed by atoms with Gasteiger partial charge in [0.25, 0.3) is 0 Å². The maximum Gasteiger partial charge on any atom is 0.328 e. The lowest BCUT2D eigenvalue weighted by molar-refractivity contribution is 0.219. The van der Waals surface area contributed by atoms with E-state index in [1.807, 2.05) is 12.1 Å². The molecule has 3 heteroatoms. The molecule has 0 saturated carbocycles. The second-order valence-corrected chi connectivity index (χ2v) is 6.11. The Morgan fingerprint density at radius 2 is 1.74 bits per heavy atom. The Bertz CT molecular complexity index is 496. The van der Waals surface area contributed by atoms with Gasteiger partial charge < -0.3 is 4.90 Å². The van der Waals surface area contributed by atoms with E-state index in [4.69, 9.17) is 0 Å². The molecule has 102 valence electrons. The molecule has 0 unspecified atom stereocenters. The van der Waals surface area contributed by atoms with Gasteiger partial charge in [0.1, 0.15) is 0 Å². The number of anilines is 1. The molecule has 0 aromatic heterocycles. The van der Waals surface area contributed by atoms with Crippen LogP contribution < -0.4 is 4.90 Å². The highest BCUT2D eigenvalue weighted by molar-refractivity contribution is 5.93. The van der Waals surface area contributed by atoms with E-state index >= 15 is 0 Å². The van der Waals surface area contributed by atoms with Gasteiger partial charge in [0.2, 0.25) is 0 Å². The average Bonchev–Trinajstić information content (AvgIpc) is 2.35. The highest BCUT2D eigenvalue weighted by Crippen LogP contribution is 2.27. The lowest BCUT2D eigenvalue weighted by atomic mass is 9.87. The molecule has 0 atom stereocenters. The molecule has 19 heavy (non-hydrogen) atoms. The number of amides is 2. The third-order valence-corrected chi connectivity index (χ3v) is 3.66. The first kappa shape index (κ1) is 13.7. The largest absolute Gasteiger partial charge is 0.328 e. The zero-order chi connectivity index (χ0) is 14.2. The topological polar surface area (TPSA) is 23.6 Å². The minimum Gasteiger partial charge on any atom is -0.301 e. The SMILES string of the molecule is C=C1CCN(c2ccc(C(C)(C)C)cc2)C(=O)N1C. The molecule has 1 fully saturated rings. The van der Waals surface area contributed by atoms with Gasteiger partial charge in [-0.05, 0) is 23.1 Å². The Morgan fingerprint density at radius 3 is 2.26 bits per heavy atom. The summed E-state index contributed by atoms with van der Waals surface area (Å²) in [6.45, 7) is 11.2. The second kappa shape index (κ2) is 4.72. The van der Waals surface area contributed by atoms with Gasteiger partial charge in [-0.1, -0.05) is 39.5 Å². The molecule has 3 nitrogen and oxygen atoms in total. The van der Waals surface area contributed by atoms with Crippen LogP contribution in [0.2, 0.25) is 0 Å². The van der Waals surface area contributed by atoms with Crippen molar-refractivity contribution >= 4 is 11.7 Å². The maximum atomic E-state index is 12.2. The molecule has 1 heterocycles. The van der Waals surface area contributed by atoms with Gasteiger partial charge in [-0.15, -0.1) is 0 Å². The van der Waals surface area contributed by atoms with Crippen LogP contribution in [0.25, 0.3) is 0 Å². The first-order valence-electron chi connectivity index (χ1n) is 6.64. The Hall–Kier alpha value is -1.77. The summed E-state index contributed by atoms with van der Waals surface area (Å²) in [5.74, 6) is 0. The van der Waals surface area contributed by atoms with Gasteiger partial charge >= 0.3 is 6.03 Å². The molecule has 1 aliphatic heterocycles. The van der Waals surface area contributed by atoms with E-state index in [1.165, 1.54) is 5.56 Å². The summed E-state index contributed by atoms with van der Waals surface area (Å²) in [6, 6.07) is 8.26. The molecule has 1 aromatic carbocycles. The minimum atomic E-state index is -0.000223. The van der Waals surface area contributed by atoms with Crippen molar-refractivity contribution in [1.29, 1.82) is 0 Å². The number of carbonyl (C=O) groups excluding carboxylic acids is 1. The van der Waals surface area contributed by atoms with Crippen LogP contribution in [0, 0.1) is 0 Å². The van der Waals surface area contributed by atoms with Crippen LogP contribution in [-0.4, -0.2) is 24.5 Å². The Morgan fingerprint density at radius 1 is 1.16 bits per heavy atom. The van der Waals surface area contributed by atoms with Crippen molar-refractivity contribution in [3.8, 4) is 0 Å². The average molecular weight is 258 g/mol. The first-order chi connectivity index (χ1) is 8.80. The lowest BCUT2D eigenvalue weighted by Gasteiger charge is -2.35. The molecule has 1 aromatic rings. The summed E-state index contributed by atoms with van der Waals surface area (Å²) in [5, 5.41) is 0. The van der Waals surface area contributed by atoms with Crippen LogP contribution in [0.1, 0.15) is 32.8 Å². The fourth-order valence-corrected chi connectivity index (χ4v) is 2.20. The molecule has 0 radical (unpaired) electrons. The monoisotopic (exact) mass is 258 g/mol. The summed E-state index contributed by atoms with van der Waals surface area (Å²) < 4.78 is 0. The highest BCUT2D eigenvalue weighted by Gasteiger charge is 2.26. The number of urea groups is 1. The van der Waals surface area contributed by atoms with E-state index in [2.05, 4.69) is 39.5 Å². The fourth-order valence-electron chi connectivity index (χ4n) is 2.20. The van der Waals surface area contributed by atoms with Crippen LogP contribution in [0.4, 0.5) is 10.5 Å². The van der Waals surface area contributed by atoms with Gasteiger partial charge in [0.05, 0.1) is 0 Å². The van der Waals surface area contributed by atoms with E-state index in [0.29, 0.717) is 6.54 Å². The van der Waals surface area contributed by atoms with Crippen LogP contribution in [0.5, 0.6) is 0 Å². The zero-order valence-electron chi connectivity index (χ0n) is 12.2. The third kappa shape index (κ3) is 2.65. The predicted molar refractivity (Wildman–Crippen MR) is 79.4 cm³/mol. The fraction of sp³-hybridized carbons (Fsp3) is 0.438. The van der Waals surface area contributed by atoms with Crippen molar-refractivity contribution in [3.63, 3.8) is 0 Å². The molecule has 0 aliphatic carbocycles. The maximum absolute atomic E-state index is 12.2. The smallest absolute Gasteiger partial charge is 0.301 e. The van der Waals surface area contributed by atoms with Crippen molar-refractivity contribution in [2.75, 3.05) is 18.5 Å². The minimum absolute atomic E-state index is 0.000223. The molecule has 1 saturated heterocycles. The van der Waals surface area contributed by atoms with Gasteiger partial charge in [0.15, 0.2) is 0 Å². The highest BCUT2D eigenvalue weighted by atomic mass is 16.2. The van der Waals surface area contributed by atoms with Crippen molar-refractivity contribution in [1.82, 2.24) is 4.90 Å². The van der Waals surface area contributed by atoms with Crippen LogP contribution >= 0.6 is 0 Å². The number of benzene rings is 1. The lowest BCUT2D eigenvalue weighted by Crippen LogP contribution is -2.46. The normalized spacial score (nSPS) is 17.1. The van der Waals surface area contributed by atoms with Gasteiger partial charge in [-0.3, -0.25) is 4.90 Å². The number of carbonyl (C=O) groups is 1. The van der Waals surface area contributed by atoms with Crippen molar-refractivity contribution in [3.05, 3.63) is 42.1 Å². The number of hydrogen-bond donors (Lipinski definition) is 0. The molecule has 0 bridgehead atoms. The molecule has 2 rings (SSSR count). The molecular weight excluding hydrogens is 236 g/mol. The van der Waals surface area contributed by atoms with Gasteiger partial charge in [0, 0.05) is 31.4 Å². The molecule has 2 amide bonds. The molecule has 0 N–H and O–H groups in total. The van der Waals surface area contributed by atoms with Gasteiger partial charge in [-0.2, -0.15) is 0 Å². The quantitative estimate of drug-likeness (QED) is 0.752. The molecule has 1 aliphatic rings. The number of nitrogens with zero attached hydrogens (tertiary/aromatic N) is 2. The molecular formula is C16H22N2O. The van der Waals surface area contributed by atoms with E-state index in [9.17, 15) is 4.79 Å². The van der Waals surface area contributed by atoms with Crippen LogP contribution in [0.3, 0.4) is 0 Å². The Labute approximate surface area is 115 Å². The van der Waals surface area contributed by atoms with E-state index < -0.39 is 0 Å². The summed E-state index contributed by atoms with van der Waals surface area (Å²) in [4.78, 5) is 15.6. The molecule has 0 spiro atoms. The third-order valence-electron chi connectivity index (χ3n) is 3.66. The number of hydrogen-bond acceptors (Lipinski definition) is 1. The van der Waals surface area contributed by atoms with Gasteiger partial charge in [-0.25, -0.2) is 4.79 Å². The van der Waals surface area contributed by atoms with Crippen molar-refractivity contribution in [2.45, 2.75) is 32.6 Å². The van der Waals surface area contributed by atoms with Crippen molar-refractivity contribution in [2.24, 2.45) is 0 Å². The number of rotatable bonds is 1. The van der Waals surface area contributed by atoms with Crippen LogP contribution in [-0.2, 0) is 5.41 Å². The Balaban J connectivity index is 2.23. The summed E-state index contributed by atoms with van der Waals surface area (Å²) >= 11 is 0. The van der Waals surface area contributed by atoms with Crippen molar-refractivity contribution < 1.29 is 4.79 Å². The second-order valence-electron chi connectivity index (χ2n) is 6.11. The Kier molecular flexibility index (Phi) is 3.40. The first-order valence-corrected chi connectivity index (χ1v) is 6.64.